The van der Waals surface area contributed by atoms with E-state index in [1.165, 1.54) is 11.3 Å². The number of rotatable bonds is 6. The van der Waals surface area contributed by atoms with Crippen LogP contribution in [0.25, 0.3) is 22.6 Å². The van der Waals surface area contributed by atoms with Gasteiger partial charge in [-0.15, -0.1) is 11.3 Å². The smallest absolute Gasteiger partial charge is 0.297 e. The number of benzene rings is 3. The molecule has 0 aliphatic rings. The van der Waals surface area contributed by atoms with Crippen molar-refractivity contribution in [2.45, 2.75) is 13.8 Å². The first-order valence-corrected chi connectivity index (χ1v) is 14.6. The van der Waals surface area contributed by atoms with Crippen LogP contribution < -0.4 is 10.4 Å². The molecular formula is C31H25Cl2N7OS. The van der Waals surface area contributed by atoms with Crippen molar-refractivity contribution >= 4 is 45.9 Å². The van der Waals surface area contributed by atoms with Crippen LogP contribution in [0.1, 0.15) is 18.2 Å². The van der Waals surface area contributed by atoms with E-state index >= 15 is 0 Å². The Balaban J connectivity index is 1.52. The molecule has 42 heavy (non-hydrogen) atoms. The van der Waals surface area contributed by atoms with Gasteiger partial charge in [-0.05, 0) is 61.9 Å². The standard InChI is InChI=1S/C31H25Cl2N7OS/c1-20(22-9-12-24(13-10-22)38-16-15-34-19-38)36-39-28(26-14-11-23(32)17-27(26)33)18-42-31(39)35-29-21(2)37(3)40(30(29)41)25-7-5-4-6-8-25/h4-19H,1-3H3. The fourth-order valence-electron chi connectivity index (χ4n) is 4.63. The lowest BCUT2D eigenvalue weighted by Crippen LogP contribution is -2.20. The molecule has 0 fully saturated rings. The minimum atomic E-state index is -0.219. The molecular weight excluding hydrogens is 589 g/mol. The molecule has 0 spiro atoms. The van der Waals surface area contributed by atoms with Crippen LogP contribution in [0.5, 0.6) is 0 Å². The first-order valence-electron chi connectivity index (χ1n) is 13.0. The number of hydrogen-bond acceptors (Lipinski definition) is 5. The second-order valence-corrected chi connectivity index (χ2v) is 11.2. The van der Waals surface area contributed by atoms with Crippen molar-refractivity contribution < 1.29 is 0 Å². The molecule has 0 bridgehead atoms. The second kappa shape index (κ2) is 11.4. The van der Waals surface area contributed by atoms with E-state index in [1.54, 1.807) is 34.0 Å². The number of aromatic nitrogens is 5. The van der Waals surface area contributed by atoms with Crippen molar-refractivity contribution in [3.8, 4) is 22.6 Å². The largest absolute Gasteiger partial charge is 0.306 e. The van der Waals surface area contributed by atoms with Crippen LogP contribution in [0.4, 0.5) is 5.69 Å². The van der Waals surface area contributed by atoms with Gasteiger partial charge in [0.15, 0.2) is 5.69 Å². The zero-order valence-electron chi connectivity index (χ0n) is 22.9. The quantitative estimate of drug-likeness (QED) is 0.189. The van der Waals surface area contributed by atoms with Gasteiger partial charge in [-0.3, -0.25) is 9.48 Å². The summed E-state index contributed by atoms with van der Waals surface area (Å²) in [6.07, 6.45) is 5.39. The van der Waals surface area contributed by atoms with Gasteiger partial charge in [-0.2, -0.15) is 5.10 Å². The third-order valence-corrected chi connectivity index (χ3v) is 8.33. The van der Waals surface area contributed by atoms with Gasteiger partial charge in [0.05, 0.1) is 34.1 Å². The summed E-state index contributed by atoms with van der Waals surface area (Å²) in [5.41, 5.74) is 5.76. The van der Waals surface area contributed by atoms with Crippen LogP contribution in [0, 0.1) is 6.92 Å². The van der Waals surface area contributed by atoms with Crippen molar-refractivity contribution in [1.29, 1.82) is 0 Å². The summed E-state index contributed by atoms with van der Waals surface area (Å²) in [5.74, 6) is 0. The van der Waals surface area contributed by atoms with Crippen molar-refractivity contribution in [3.05, 3.63) is 133 Å². The molecule has 0 N–H and O–H groups in total. The molecule has 3 aromatic heterocycles. The average molecular weight is 615 g/mol. The van der Waals surface area contributed by atoms with Crippen LogP contribution in [-0.2, 0) is 7.05 Å². The molecule has 8 nitrogen and oxygen atoms in total. The average Bonchev–Trinajstić information content (AvgIpc) is 3.71. The van der Waals surface area contributed by atoms with Gasteiger partial charge >= 0.3 is 0 Å². The summed E-state index contributed by atoms with van der Waals surface area (Å²) < 4.78 is 7.09. The number of imidazole rings is 1. The van der Waals surface area contributed by atoms with E-state index in [4.69, 9.17) is 33.3 Å². The van der Waals surface area contributed by atoms with Crippen LogP contribution in [0.2, 0.25) is 10.0 Å². The van der Waals surface area contributed by atoms with E-state index < -0.39 is 0 Å². The zero-order chi connectivity index (χ0) is 29.4. The Morgan fingerprint density at radius 1 is 0.976 bits per heavy atom. The molecule has 210 valence electrons. The molecule has 6 aromatic rings. The van der Waals surface area contributed by atoms with E-state index in [2.05, 4.69) is 4.98 Å². The Morgan fingerprint density at radius 2 is 1.74 bits per heavy atom. The highest BCUT2D eigenvalue weighted by Crippen LogP contribution is 2.31. The SMILES string of the molecule is CC(=Nn1c(-c2ccc(Cl)cc2Cl)csc1=Nc1c(C)n(C)n(-c2ccccc2)c1=O)c1ccc(-n2ccnc2)cc1. The molecule has 0 unspecified atom stereocenters. The topological polar surface area (TPSA) is 74.4 Å². The maximum Gasteiger partial charge on any atom is 0.297 e. The minimum Gasteiger partial charge on any atom is -0.306 e. The number of hydrogen-bond donors (Lipinski definition) is 0. The Bertz CT molecular complexity index is 2050. The fraction of sp³-hybridized carbons (Fsp3) is 0.0968. The molecule has 11 heteroatoms. The number of nitrogens with zero attached hydrogens (tertiary/aromatic N) is 7. The summed E-state index contributed by atoms with van der Waals surface area (Å²) >= 11 is 14.2. The summed E-state index contributed by atoms with van der Waals surface area (Å²) in [6, 6.07) is 22.9. The molecule has 3 heterocycles. The molecule has 0 saturated heterocycles. The van der Waals surface area contributed by atoms with E-state index in [0.717, 1.165) is 39.6 Å². The van der Waals surface area contributed by atoms with Crippen LogP contribution in [0.3, 0.4) is 0 Å². The minimum absolute atomic E-state index is 0.219. The lowest BCUT2D eigenvalue weighted by Gasteiger charge is -2.09. The molecule has 0 saturated carbocycles. The summed E-state index contributed by atoms with van der Waals surface area (Å²) in [4.78, 5) is 23.2. The van der Waals surface area contributed by atoms with Gasteiger partial charge in [-0.1, -0.05) is 53.5 Å². The zero-order valence-corrected chi connectivity index (χ0v) is 25.3. The van der Waals surface area contributed by atoms with Gasteiger partial charge < -0.3 is 4.57 Å². The van der Waals surface area contributed by atoms with Gasteiger partial charge in [0.1, 0.15) is 0 Å². The van der Waals surface area contributed by atoms with Gasteiger partial charge in [0.2, 0.25) is 4.80 Å². The van der Waals surface area contributed by atoms with Gasteiger partial charge in [0, 0.05) is 41.1 Å². The molecule has 0 aliphatic heterocycles. The molecule has 0 radical (unpaired) electrons. The first kappa shape index (κ1) is 27.7. The molecule has 0 atom stereocenters. The molecule has 6 rings (SSSR count). The lowest BCUT2D eigenvalue weighted by atomic mass is 10.1. The Kier molecular flexibility index (Phi) is 7.55. The van der Waals surface area contributed by atoms with Crippen LogP contribution in [-0.4, -0.2) is 29.3 Å². The normalized spacial score (nSPS) is 12.3. The maximum absolute atomic E-state index is 13.6. The third-order valence-electron chi connectivity index (χ3n) is 6.96. The van der Waals surface area contributed by atoms with E-state index in [0.29, 0.717) is 20.5 Å². The lowest BCUT2D eigenvalue weighted by molar-refractivity contribution is 0.630. The Hall–Kier alpha value is -4.44. The van der Waals surface area contributed by atoms with Crippen LogP contribution >= 0.6 is 34.5 Å². The second-order valence-electron chi connectivity index (χ2n) is 9.56. The highest BCUT2D eigenvalue weighted by molar-refractivity contribution is 7.07. The number of thiazole rings is 1. The van der Waals surface area contributed by atoms with E-state index in [-0.39, 0.29) is 5.56 Å². The van der Waals surface area contributed by atoms with Crippen molar-refractivity contribution in [3.63, 3.8) is 0 Å². The predicted octanol–water partition coefficient (Wildman–Crippen LogP) is 7.01. The van der Waals surface area contributed by atoms with E-state index in [9.17, 15) is 4.79 Å². The molecule has 0 amide bonds. The van der Waals surface area contributed by atoms with Gasteiger partial charge in [-0.25, -0.2) is 19.3 Å². The molecule has 3 aromatic carbocycles. The summed E-state index contributed by atoms with van der Waals surface area (Å²) in [6.45, 7) is 3.81. The van der Waals surface area contributed by atoms with Crippen LogP contribution in [0.15, 0.2) is 112 Å². The molecule has 0 aliphatic carbocycles. The van der Waals surface area contributed by atoms with Crippen molar-refractivity contribution in [1.82, 2.24) is 23.6 Å². The maximum atomic E-state index is 13.6. The number of halogens is 2. The van der Waals surface area contributed by atoms with Crippen molar-refractivity contribution in [2.24, 2.45) is 17.1 Å². The number of para-hydroxylation sites is 1. The monoisotopic (exact) mass is 613 g/mol. The predicted molar refractivity (Wildman–Crippen MR) is 170 cm³/mol. The van der Waals surface area contributed by atoms with E-state index in [1.807, 2.05) is 102 Å². The third kappa shape index (κ3) is 5.18. The fourth-order valence-corrected chi connectivity index (χ4v) is 5.96. The first-order chi connectivity index (χ1) is 20.3. The Labute approximate surface area is 255 Å². The highest BCUT2D eigenvalue weighted by atomic mass is 35.5. The summed E-state index contributed by atoms with van der Waals surface area (Å²) in [7, 11) is 1.85. The Morgan fingerprint density at radius 3 is 2.43 bits per heavy atom. The highest BCUT2D eigenvalue weighted by Gasteiger charge is 2.18. The van der Waals surface area contributed by atoms with Crippen molar-refractivity contribution in [2.75, 3.05) is 0 Å². The van der Waals surface area contributed by atoms with Gasteiger partial charge in [0.25, 0.3) is 5.56 Å². The summed E-state index contributed by atoms with van der Waals surface area (Å²) in [5, 5.41) is 7.94.